The van der Waals surface area contributed by atoms with E-state index in [2.05, 4.69) is 59.4 Å². The Morgan fingerprint density at radius 1 is 1.26 bits per heavy atom. The first kappa shape index (κ1) is 13.2. The minimum atomic E-state index is 0.465. The van der Waals surface area contributed by atoms with Gasteiger partial charge < -0.3 is 5.32 Å². The number of thiophene rings is 1. The Morgan fingerprint density at radius 3 is 2.89 bits per heavy atom. The number of anilines is 1. The normalized spacial score (nSPS) is 18.2. The van der Waals surface area contributed by atoms with Crippen LogP contribution >= 0.6 is 27.3 Å². The maximum Gasteiger partial charge on any atom is 0.0705 e. The molecular formula is C16H18BrNS. The molecule has 0 bridgehead atoms. The highest BCUT2D eigenvalue weighted by atomic mass is 79.9. The Balaban J connectivity index is 1.88. The molecule has 1 heterocycles. The van der Waals surface area contributed by atoms with Gasteiger partial charge in [-0.15, -0.1) is 11.3 Å². The molecule has 0 spiro atoms. The second-order valence-corrected chi connectivity index (χ2v) is 7.85. The lowest BCUT2D eigenvalue weighted by molar-refractivity contribution is 0.608. The van der Waals surface area contributed by atoms with Crippen LogP contribution < -0.4 is 5.32 Å². The lowest BCUT2D eigenvalue weighted by Crippen LogP contribution is -2.16. The van der Waals surface area contributed by atoms with Gasteiger partial charge in [-0.1, -0.05) is 17.7 Å². The van der Waals surface area contributed by atoms with Gasteiger partial charge in [0.15, 0.2) is 0 Å². The summed E-state index contributed by atoms with van der Waals surface area (Å²) in [6.45, 7) is 4.33. The summed E-state index contributed by atoms with van der Waals surface area (Å²) < 4.78 is 1.26. The molecule has 1 aliphatic rings. The molecule has 1 atom stereocenters. The summed E-state index contributed by atoms with van der Waals surface area (Å²) in [5, 5.41) is 3.73. The van der Waals surface area contributed by atoms with E-state index in [1.165, 1.54) is 45.4 Å². The van der Waals surface area contributed by atoms with Gasteiger partial charge in [0.2, 0.25) is 0 Å². The van der Waals surface area contributed by atoms with Gasteiger partial charge in [0, 0.05) is 10.6 Å². The van der Waals surface area contributed by atoms with Gasteiger partial charge in [-0.05, 0) is 72.3 Å². The van der Waals surface area contributed by atoms with Crippen molar-refractivity contribution in [3.05, 3.63) is 49.6 Å². The predicted octanol–water partition coefficient (Wildman–Crippen LogP) is 5.62. The molecule has 1 aliphatic carbocycles. The summed E-state index contributed by atoms with van der Waals surface area (Å²) >= 11 is 5.51. The van der Waals surface area contributed by atoms with Crippen LogP contribution in [0.3, 0.4) is 0 Å². The summed E-state index contributed by atoms with van der Waals surface area (Å²) in [6, 6.07) is 9.39. The molecule has 0 amide bonds. The summed E-state index contributed by atoms with van der Waals surface area (Å²) in [5.74, 6) is 0. The number of aryl methyl sites for hydroxylation is 3. The van der Waals surface area contributed by atoms with Crippen molar-refractivity contribution in [1.82, 2.24) is 0 Å². The quantitative estimate of drug-likeness (QED) is 0.751. The average Bonchev–Trinajstić information content (AvgIpc) is 2.74. The number of nitrogens with one attached hydrogen (secondary N) is 1. The number of fused-ring (bicyclic) bond motifs is 1. The Hall–Kier alpha value is -0.800. The third-order valence-corrected chi connectivity index (χ3v) is 5.51. The molecule has 0 saturated heterocycles. The zero-order valence-corrected chi connectivity index (χ0v) is 13.7. The van der Waals surface area contributed by atoms with E-state index in [-0.39, 0.29) is 0 Å². The van der Waals surface area contributed by atoms with E-state index in [0.717, 1.165) is 0 Å². The summed E-state index contributed by atoms with van der Waals surface area (Å²) in [5.41, 5.74) is 5.42. The van der Waals surface area contributed by atoms with Gasteiger partial charge in [0.1, 0.15) is 0 Å². The highest BCUT2D eigenvalue weighted by molar-refractivity contribution is 9.11. The molecule has 0 saturated carbocycles. The first-order valence-electron chi connectivity index (χ1n) is 6.75. The van der Waals surface area contributed by atoms with E-state index < -0.39 is 0 Å². The van der Waals surface area contributed by atoms with Crippen molar-refractivity contribution in [2.75, 3.05) is 5.32 Å². The highest BCUT2D eigenvalue weighted by Gasteiger charge is 2.22. The Morgan fingerprint density at radius 2 is 2.11 bits per heavy atom. The number of hydrogen-bond donors (Lipinski definition) is 1. The molecule has 1 unspecified atom stereocenters. The van der Waals surface area contributed by atoms with Crippen LogP contribution in [0.2, 0.25) is 0 Å². The maximum atomic E-state index is 3.73. The van der Waals surface area contributed by atoms with E-state index in [0.29, 0.717) is 6.04 Å². The van der Waals surface area contributed by atoms with Crippen LogP contribution in [0.1, 0.15) is 40.5 Å². The minimum Gasteiger partial charge on any atom is -0.378 e. The summed E-state index contributed by atoms with van der Waals surface area (Å²) in [4.78, 5) is 1.54. The van der Waals surface area contributed by atoms with Crippen molar-refractivity contribution < 1.29 is 0 Å². The van der Waals surface area contributed by atoms with E-state index in [4.69, 9.17) is 0 Å². The van der Waals surface area contributed by atoms with Crippen molar-refractivity contribution in [3.63, 3.8) is 0 Å². The Labute approximate surface area is 127 Å². The molecule has 1 nitrogen and oxygen atoms in total. The monoisotopic (exact) mass is 335 g/mol. The molecular weight excluding hydrogens is 318 g/mol. The van der Waals surface area contributed by atoms with Gasteiger partial charge in [-0.3, -0.25) is 0 Å². The number of halogens is 1. The van der Waals surface area contributed by atoms with Crippen LogP contribution in [0.25, 0.3) is 0 Å². The molecule has 2 aromatic rings. The van der Waals surface area contributed by atoms with Gasteiger partial charge in [0.05, 0.1) is 9.83 Å². The van der Waals surface area contributed by atoms with E-state index in [1.54, 1.807) is 4.88 Å². The van der Waals surface area contributed by atoms with Crippen molar-refractivity contribution in [2.24, 2.45) is 0 Å². The molecule has 0 aliphatic heterocycles. The van der Waals surface area contributed by atoms with Gasteiger partial charge >= 0.3 is 0 Å². The van der Waals surface area contributed by atoms with E-state index >= 15 is 0 Å². The first-order valence-corrected chi connectivity index (χ1v) is 8.36. The average molecular weight is 336 g/mol. The SMILES string of the molecule is Cc1ccc(NC2CCCc3sc(Br)cc32)c(C)c1. The predicted molar refractivity (Wildman–Crippen MR) is 87.2 cm³/mol. The minimum absolute atomic E-state index is 0.465. The topological polar surface area (TPSA) is 12.0 Å². The van der Waals surface area contributed by atoms with Crippen LogP contribution in [0.4, 0.5) is 5.69 Å². The van der Waals surface area contributed by atoms with Crippen LogP contribution in [0.5, 0.6) is 0 Å². The number of hydrogen-bond acceptors (Lipinski definition) is 2. The lowest BCUT2D eigenvalue weighted by atomic mass is 9.93. The smallest absolute Gasteiger partial charge is 0.0705 e. The fourth-order valence-corrected chi connectivity index (χ4v) is 4.65. The van der Waals surface area contributed by atoms with Gasteiger partial charge in [0.25, 0.3) is 0 Å². The number of rotatable bonds is 2. The second kappa shape index (κ2) is 5.29. The van der Waals surface area contributed by atoms with Crippen LogP contribution in [-0.2, 0) is 6.42 Å². The van der Waals surface area contributed by atoms with Crippen LogP contribution in [-0.4, -0.2) is 0 Å². The second-order valence-electron chi connectivity index (χ2n) is 5.34. The summed E-state index contributed by atoms with van der Waals surface area (Å²) in [6.07, 6.45) is 3.74. The van der Waals surface area contributed by atoms with E-state index in [1.807, 2.05) is 11.3 Å². The molecule has 1 aromatic carbocycles. The lowest BCUT2D eigenvalue weighted by Gasteiger charge is -2.25. The highest BCUT2D eigenvalue weighted by Crippen LogP contribution is 2.39. The van der Waals surface area contributed by atoms with Crippen molar-refractivity contribution >= 4 is 33.0 Å². The van der Waals surface area contributed by atoms with Crippen molar-refractivity contribution in [3.8, 4) is 0 Å². The van der Waals surface area contributed by atoms with Crippen molar-refractivity contribution in [1.29, 1.82) is 0 Å². The fraction of sp³-hybridized carbons (Fsp3) is 0.375. The standard InChI is InChI=1S/C16H18BrNS/c1-10-6-7-13(11(2)8-10)18-14-4-3-5-15-12(14)9-16(17)19-15/h6-9,14,18H,3-5H2,1-2H3. The molecule has 100 valence electrons. The Kier molecular flexibility index (Phi) is 3.68. The van der Waals surface area contributed by atoms with Gasteiger partial charge in [-0.25, -0.2) is 0 Å². The molecule has 3 heteroatoms. The number of benzene rings is 1. The third kappa shape index (κ3) is 2.72. The molecule has 19 heavy (non-hydrogen) atoms. The molecule has 1 N–H and O–H groups in total. The van der Waals surface area contributed by atoms with Crippen LogP contribution in [0.15, 0.2) is 28.1 Å². The molecule has 1 aromatic heterocycles. The summed E-state index contributed by atoms with van der Waals surface area (Å²) in [7, 11) is 0. The largest absolute Gasteiger partial charge is 0.378 e. The maximum absolute atomic E-state index is 3.73. The fourth-order valence-electron chi connectivity index (χ4n) is 2.83. The Bertz CT molecular complexity index is 603. The molecule has 0 radical (unpaired) electrons. The zero-order chi connectivity index (χ0) is 13.4. The molecule has 0 fully saturated rings. The van der Waals surface area contributed by atoms with Crippen LogP contribution in [0, 0.1) is 13.8 Å². The third-order valence-electron chi connectivity index (χ3n) is 3.80. The zero-order valence-electron chi connectivity index (χ0n) is 11.3. The van der Waals surface area contributed by atoms with E-state index in [9.17, 15) is 0 Å². The van der Waals surface area contributed by atoms with Gasteiger partial charge in [-0.2, -0.15) is 0 Å². The van der Waals surface area contributed by atoms with Crippen molar-refractivity contribution in [2.45, 2.75) is 39.2 Å². The first-order chi connectivity index (χ1) is 9.13. The molecule has 3 rings (SSSR count).